The second-order valence-electron chi connectivity index (χ2n) is 15.2. The average Bonchev–Trinajstić information content (AvgIpc) is 3.63. The lowest BCUT2D eigenvalue weighted by Gasteiger charge is -2.34. The summed E-state index contributed by atoms with van der Waals surface area (Å²) in [5.41, 5.74) is 15.1. The summed E-state index contributed by atoms with van der Waals surface area (Å²) >= 11 is 0. The Morgan fingerprint density at radius 2 is 1.29 bits per heavy atom. The average molecular weight is 652 g/mol. The molecule has 12 rings (SSSR count). The van der Waals surface area contributed by atoms with Crippen LogP contribution in [0.4, 0.5) is 0 Å². The molecular weight excluding hydrogens is 619 g/mol. The van der Waals surface area contributed by atoms with Crippen LogP contribution in [0.2, 0.25) is 0 Å². The zero-order chi connectivity index (χ0) is 33.6. The summed E-state index contributed by atoms with van der Waals surface area (Å²) in [4.78, 5) is 11.2. The van der Waals surface area contributed by atoms with Crippen LogP contribution < -0.4 is 0 Å². The molecule has 1 atom stereocenters. The Labute approximate surface area is 295 Å². The molecule has 3 heteroatoms. The Bertz CT molecular complexity index is 3130. The molecular formula is C48H33N3. The fraction of sp³-hybridized carbons (Fsp3) is 0.125. The smallest absolute Gasteiger partial charge is 0.137 e. The molecule has 0 fully saturated rings. The Kier molecular flexibility index (Phi) is 5.21. The molecule has 0 aliphatic heterocycles. The number of nitrogens with zero attached hydrogens (tertiary/aromatic N) is 3. The molecule has 3 aromatic heterocycles. The maximum Gasteiger partial charge on any atom is 0.137 e. The standard InChI is InChI=1S/C48H33N3/c1-48(2)37-17-8-5-15-31(37)45-44-38(48)18-11-19-39(44)49-47(50-45)33-23-22-29-24-27-12-3-4-13-28(27)25-34(29)35-26-36-30-14-6-9-20-40(30)51-41-21-10-7-16-32(41)43(42(33)35)46(36)51/h3-21,24-26,33H,22-23H2,1-2H3. The minimum Gasteiger partial charge on any atom is -0.308 e. The fourth-order valence-corrected chi connectivity index (χ4v) is 10.0. The van der Waals surface area contributed by atoms with Crippen molar-refractivity contribution in [2.24, 2.45) is 0 Å². The van der Waals surface area contributed by atoms with Gasteiger partial charge in [0.25, 0.3) is 0 Å². The van der Waals surface area contributed by atoms with Crippen molar-refractivity contribution in [2.45, 2.75) is 38.0 Å². The summed E-state index contributed by atoms with van der Waals surface area (Å²) in [6.45, 7) is 4.67. The summed E-state index contributed by atoms with van der Waals surface area (Å²) in [5, 5.41) is 9.01. The topological polar surface area (TPSA) is 30.2 Å². The van der Waals surface area contributed by atoms with E-state index >= 15 is 0 Å². The van der Waals surface area contributed by atoms with Gasteiger partial charge < -0.3 is 4.40 Å². The number of rotatable bonds is 1. The molecule has 51 heavy (non-hydrogen) atoms. The molecule has 0 bridgehead atoms. The molecule has 0 amide bonds. The summed E-state index contributed by atoms with van der Waals surface area (Å²) < 4.78 is 2.51. The molecule has 2 aliphatic rings. The Hall–Kier alpha value is -6.06. The SMILES string of the molecule is CC1(C)c2ccccc2-c2nc(C3CCc4cc5ccccc5cc4-c4cc5c6ccccc6n6c7ccccc7c(c43)c56)nc3cccc1c23. The van der Waals surface area contributed by atoms with Gasteiger partial charge in [-0.05, 0) is 87.3 Å². The Morgan fingerprint density at radius 3 is 2.16 bits per heavy atom. The first-order valence-corrected chi connectivity index (χ1v) is 18.2. The summed E-state index contributed by atoms with van der Waals surface area (Å²) in [6, 6.07) is 49.6. The number of fused-ring (bicyclic) bond motifs is 13. The van der Waals surface area contributed by atoms with Crippen molar-refractivity contribution in [1.82, 2.24) is 14.4 Å². The second kappa shape index (κ2) is 9.58. The van der Waals surface area contributed by atoms with Gasteiger partial charge in [0.2, 0.25) is 0 Å². The molecule has 3 heterocycles. The van der Waals surface area contributed by atoms with E-state index in [2.05, 4.69) is 152 Å². The zero-order valence-corrected chi connectivity index (χ0v) is 28.5. The number of para-hydroxylation sites is 2. The third-order valence-corrected chi connectivity index (χ3v) is 12.3. The fourth-order valence-electron chi connectivity index (χ4n) is 10.0. The molecule has 2 aliphatic carbocycles. The highest BCUT2D eigenvalue weighted by Gasteiger charge is 2.37. The lowest BCUT2D eigenvalue weighted by atomic mass is 9.70. The van der Waals surface area contributed by atoms with E-state index in [0.717, 1.165) is 29.9 Å². The Balaban J connectivity index is 1.25. The molecule has 0 N–H and O–H groups in total. The lowest BCUT2D eigenvalue weighted by Crippen LogP contribution is -2.24. The Morgan fingerprint density at radius 1 is 0.588 bits per heavy atom. The van der Waals surface area contributed by atoms with E-state index in [1.54, 1.807) is 0 Å². The first-order chi connectivity index (χ1) is 25.1. The first kappa shape index (κ1) is 27.7. The van der Waals surface area contributed by atoms with E-state index in [-0.39, 0.29) is 11.3 Å². The van der Waals surface area contributed by atoms with Crippen molar-refractivity contribution in [2.75, 3.05) is 0 Å². The molecule has 240 valence electrons. The second-order valence-corrected chi connectivity index (χ2v) is 15.2. The highest BCUT2D eigenvalue weighted by molar-refractivity contribution is 6.26. The van der Waals surface area contributed by atoms with E-state index in [0.29, 0.717) is 0 Å². The molecule has 0 saturated heterocycles. The molecule has 10 aromatic rings. The predicted octanol–water partition coefficient (Wildman–Crippen LogP) is 12.0. The van der Waals surface area contributed by atoms with Gasteiger partial charge in [0, 0.05) is 43.8 Å². The molecule has 7 aromatic carbocycles. The van der Waals surface area contributed by atoms with E-state index < -0.39 is 0 Å². The number of aromatic nitrogens is 3. The minimum atomic E-state index is -0.138. The van der Waals surface area contributed by atoms with Crippen LogP contribution in [0.1, 0.15) is 54.3 Å². The van der Waals surface area contributed by atoms with Crippen LogP contribution in [0.25, 0.3) is 82.2 Å². The van der Waals surface area contributed by atoms with Crippen molar-refractivity contribution in [3.63, 3.8) is 0 Å². The van der Waals surface area contributed by atoms with E-state index in [1.807, 2.05) is 0 Å². The van der Waals surface area contributed by atoms with Crippen LogP contribution in [0.15, 0.2) is 133 Å². The molecule has 0 radical (unpaired) electrons. The van der Waals surface area contributed by atoms with Gasteiger partial charge in [-0.15, -0.1) is 0 Å². The maximum absolute atomic E-state index is 5.67. The molecule has 0 spiro atoms. The molecule has 3 nitrogen and oxygen atoms in total. The van der Waals surface area contributed by atoms with Gasteiger partial charge in [0.05, 0.1) is 27.8 Å². The highest BCUT2D eigenvalue weighted by atomic mass is 14.9. The number of aryl methyl sites for hydroxylation is 1. The van der Waals surface area contributed by atoms with Crippen LogP contribution in [-0.4, -0.2) is 14.4 Å². The monoisotopic (exact) mass is 651 g/mol. The van der Waals surface area contributed by atoms with E-state index in [4.69, 9.17) is 9.97 Å². The van der Waals surface area contributed by atoms with Gasteiger partial charge in [0.1, 0.15) is 5.82 Å². The first-order valence-electron chi connectivity index (χ1n) is 18.2. The normalized spacial score (nSPS) is 16.2. The van der Waals surface area contributed by atoms with Crippen molar-refractivity contribution in [3.8, 4) is 22.4 Å². The van der Waals surface area contributed by atoms with Crippen molar-refractivity contribution in [1.29, 1.82) is 0 Å². The summed E-state index contributed by atoms with van der Waals surface area (Å²) in [5.74, 6) is 0.921. The van der Waals surface area contributed by atoms with E-state index in [9.17, 15) is 0 Å². The molecule has 1 unspecified atom stereocenters. The van der Waals surface area contributed by atoms with Gasteiger partial charge in [-0.3, -0.25) is 0 Å². The summed E-state index contributed by atoms with van der Waals surface area (Å²) in [7, 11) is 0. The van der Waals surface area contributed by atoms with Crippen LogP contribution in [0, 0.1) is 0 Å². The van der Waals surface area contributed by atoms with Gasteiger partial charge in [-0.1, -0.05) is 117 Å². The zero-order valence-electron chi connectivity index (χ0n) is 28.5. The number of hydrogen-bond donors (Lipinski definition) is 0. The van der Waals surface area contributed by atoms with Crippen molar-refractivity contribution >= 4 is 59.8 Å². The van der Waals surface area contributed by atoms with E-state index in [1.165, 1.54) is 93.2 Å². The van der Waals surface area contributed by atoms with Crippen LogP contribution in [0.3, 0.4) is 0 Å². The van der Waals surface area contributed by atoms with Gasteiger partial charge in [-0.2, -0.15) is 0 Å². The molecule has 0 saturated carbocycles. The number of benzene rings is 7. The maximum atomic E-state index is 5.67. The van der Waals surface area contributed by atoms with Crippen LogP contribution in [0.5, 0.6) is 0 Å². The highest BCUT2D eigenvalue weighted by Crippen LogP contribution is 2.52. The quantitative estimate of drug-likeness (QED) is 0.177. The van der Waals surface area contributed by atoms with Crippen LogP contribution >= 0.6 is 0 Å². The van der Waals surface area contributed by atoms with Gasteiger partial charge in [-0.25, -0.2) is 9.97 Å². The van der Waals surface area contributed by atoms with Crippen LogP contribution in [-0.2, 0) is 11.8 Å². The third-order valence-electron chi connectivity index (χ3n) is 12.3. The third kappa shape index (κ3) is 3.48. The largest absolute Gasteiger partial charge is 0.308 e. The lowest BCUT2D eigenvalue weighted by molar-refractivity contribution is 0.641. The summed E-state index contributed by atoms with van der Waals surface area (Å²) in [6.07, 6.45) is 1.88. The van der Waals surface area contributed by atoms with Gasteiger partial charge >= 0.3 is 0 Å². The minimum absolute atomic E-state index is 0.000985. The van der Waals surface area contributed by atoms with Gasteiger partial charge in [0.15, 0.2) is 0 Å². The number of hydrogen-bond acceptors (Lipinski definition) is 2. The predicted molar refractivity (Wildman–Crippen MR) is 211 cm³/mol. The van der Waals surface area contributed by atoms with Crippen molar-refractivity contribution in [3.05, 3.63) is 162 Å². The van der Waals surface area contributed by atoms with Crippen molar-refractivity contribution < 1.29 is 0 Å².